The van der Waals surface area contributed by atoms with Gasteiger partial charge in [-0.25, -0.2) is 10.9 Å². The molecule has 1 saturated heterocycles. The van der Waals surface area contributed by atoms with E-state index in [2.05, 4.69) is 45.9 Å². The van der Waals surface area contributed by atoms with E-state index in [4.69, 9.17) is 9.47 Å². The van der Waals surface area contributed by atoms with Crippen LogP contribution in [0.25, 0.3) is 10.9 Å². The van der Waals surface area contributed by atoms with Crippen molar-refractivity contribution in [1.82, 2.24) is 20.7 Å². The van der Waals surface area contributed by atoms with E-state index in [-0.39, 0.29) is 18.1 Å². The summed E-state index contributed by atoms with van der Waals surface area (Å²) in [6, 6.07) is 15.6. The summed E-state index contributed by atoms with van der Waals surface area (Å²) < 4.78 is 13.0. The van der Waals surface area contributed by atoms with Crippen molar-refractivity contribution in [2.45, 2.75) is 32.1 Å². The number of aromatic nitrogens is 1. The number of fused-ring (bicyclic) bond motifs is 1. The van der Waals surface area contributed by atoms with Crippen LogP contribution in [0, 0.1) is 0 Å². The van der Waals surface area contributed by atoms with E-state index in [0.29, 0.717) is 11.3 Å². The number of carbonyl (C=O) groups excluding carboxylic acids is 1. The third-order valence-electron chi connectivity index (χ3n) is 5.38. The number of nitrogens with one attached hydrogen (secondary N) is 3. The molecule has 0 aliphatic carbocycles. The molecule has 152 valence electrons. The van der Waals surface area contributed by atoms with Gasteiger partial charge in [0.25, 0.3) is 5.91 Å². The van der Waals surface area contributed by atoms with Crippen LogP contribution in [0.5, 0.6) is 11.5 Å². The Morgan fingerprint density at radius 1 is 1.14 bits per heavy atom. The number of amides is 1. The average Bonchev–Trinajstić information content (AvgIpc) is 3.36. The molecule has 1 aliphatic rings. The largest absolute Gasteiger partial charge is 0.497 e. The summed E-state index contributed by atoms with van der Waals surface area (Å²) >= 11 is 0. The van der Waals surface area contributed by atoms with Crippen molar-refractivity contribution in [3.8, 4) is 11.5 Å². The number of hydrogen-bond donors (Lipinski definition) is 3. The Balaban J connectivity index is 1.52. The first-order chi connectivity index (χ1) is 14.1. The van der Waals surface area contributed by atoms with Crippen molar-refractivity contribution in [2.75, 3.05) is 14.2 Å². The topological polar surface area (TPSA) is 76.6 Å². The average molecular weight is 394 g/mol. The van der Waals surface area contributed by atoms with Gasteiger partial charge in [0, 0.05) is 30.1 Å². The summed E-state index contributed by atoms with van der Waals surface area (Å²) in [6.07, 6.45) is 0.546. The molecule has 0 radical (unpaired) electrons. The van der Waals surface area contributed by atoms with Crippen LogP contribution in [0.3, 0.4) is 0 Å². The quantitative estimate of drug-likeness (QED) is 0.599. The highest BCUT2D eigenvalue weighted by molar-refractivity contribution is 5.97. The zero-order valence-corrected chi connectivity index (χ0v) is 16.9. The summed E-state index contributed by atoms with van der Waals surface area (Å²) in [4.78, 5) is 12.7. The highest BCUT2D eigenvalue weighted by Crippen LogP contribution is 2.30. The van der Waals surface area contributed by atoms with Crippen molar-refractivity contribution >= 4 is 16.8 Å². The lowest BCUT2D eigenvalue weighted by Crippen LogP contribution is -2.44. The fourth-order valence-electron chi connectivity index (χ4n) is 3.94. The van der Waals surface area contributed by atoms with Crippen molar-refractivity contribution in [1.29, 1.82) is 0 Å². The molecule has 2 unspecified atom stereocenters. The molecule has 2 heterocycles. The molecule has 3 aromatic rings. The summed E-state index contributed by atoms with van der Waals surface area (Å²) in [5, 5.41) is 4.21. The van der Waals surface area contributed by atoms with Crippen molar-refractivity contribution in [2.24, 2.45) is 0 Å². The maximum absolute atomic E-state index is 12.7. The van der Waals surface area contributed by atoms with E-state index >= 15 is 0 Å². The number of benzene rings is 2. The van der Waals surface area contributed by atoms with Crippen LogP contribution >= 0.6 is 0 Å². The van der Waals surface area contributed by atoms with E-state index in [9.17, 15) is 4.79 Å². The second kappa shape index (κ2) is 8.14. The van der Waals surface area contributed by atoms with Gasteiger partial charge >= 0.3 is 0 Å². The maximum Gasteiger partial charge on any atom is 0.256 e. The Morgan fingerprint density at radius 3 is 2.72 bits per heavy atom. The molecule has 1 aliphatic heterocycles. The number of ether oxygens (including phenoxy) is 2. The minimum Gasteiger partial charge on any atom is -0.497 e. The van der Waals surface area contributed by atoms with Gasteiger partial charge in [-0.3, -0.25) is 4.79 Å². The van der Waals surface area contributed by atoms with E-state index in [1.165, 1.54) is 11.1 Å². The number of carbonyl (C=O) groups is 1. The minimum atomic E-state index is -0.185. The number of aryl methyl sites for hydroxylation is 1. The number of methoxy groups -OCH3 is 2. The minimum absolute atomic E-state index is 0.0799. The molecule has 0 bridgehead atoms. The lowest BCUT2D eigenvalue weighted by Gasteiger charge is -2.15. The Labute approximate surface area is 170 Å². The standard InChI is InChI=1S/C22H26N4O3/c1-4-26-18-12-15(28-2)10-9-14(18)11-19(26)17-13-21(25-24-17)23-22(27)16-7-5-6-8-20(16)29-3/h5-12,17,21,24-25H,4,13H2,1-3H3,(H,23,27). The molecule has 1 aromatic heterocycles. The van der Waals surface area contributed by atoms with E-state index in [1.54, 1.807) is 26.4 Å². The molecular weight excluding hydrogens is 368 g/mol. The molecule has 2 atom stereocenters. The van der Waals surface area contributed by atoms with Crippen molar-refractivity contribution in [3.05, 3.63) is 59.8 Å². The van der Waals surface area contributed by atoms with Gasteiger partial charge in [0.05, 0.1) is 37.5 Å². The van der Waals surface area contributed by atoms with Gasteiger partial charge in [-0.1, -0.05) is 12.1 Å². The number of nitrogens with zero attached hydrogens (tertiary/aromatic N) is 1. The lowest BCUT2D eigenvalue weighted by molar-refractivity contribution is 0.0929. The SMILES string of the molecule is CCn1c(C2CC(NC(=O)c3ccccc3OC)NN2)cc2ccc(OC)cc21. The smallest absolute Gasteiger partial charge is 0.256 e. The van der Waals surface area contributed by atoms with Crippen LogP contribution in [0.1, 0.15) is 35.4 Å². The van der Waals surface area contributed by atoms with Crippen LogP contribution in [0.15, 0.2) is 48.5 Å². The molecule has 0 spiro atoms. The van der Waals surface area contributed by atoms with E-state index in [1.807, 2.05) is 18.2 Å². The molecule has 3 N–H and O–H groups in total. The summed E-state index contributed by atoms with van der Waals surface area (Å²) in [7, 11) is 3.24. The molecule has 1 amide bonds. The van der Waals surface area contributed by atoms with Crippen LogP contribution in [-0.4, -0.2) is 30.9 Å². The van der Waals surface area contributed by atoms with Gasteiger partial charge in [0.15, 0.2) is 0 Å². The van der Waals surface area contributed by atoms with Crippen molar-refractivity contribution in [3.63, 3.8) is 0 Å². The van der Waals surface area contributed by atoms with Crippen LogP contribution in [-0.2, 0) is 6.54 Å². The Hall–Kier alpha value is -3.03. The number of rotatable bonds is 6. The lowest BCUT2D eigenvalue weighted by atomic mass is 10.1. The molecule has 2 aromatic carbocycles. The predicted octanol–water partition coefficient (Wildman–Crippen LogP) is 2.97. The molecule has 7 nitrogen and oxygen atoms in total. The zero-order chi connectivity index (χ0) is 20.4. The Kier molecular flexibility index (Phi) is 5.42. The fraction of sp³-hybridized carbons (Fsp3) is 0.318. The van der Waals surface area contributed by atoms with Crippen LogP contribution in [0.4, 0.5) is 0 Å². The number of hydrazine groups is 1. The molecule has 0 saturated carbocycles. The molecule has 29 heavy (non-hydrogen) atoms. The van der Waals surface area contributed by atoms with E-state index < -0.39 is 0 Å². The zero-order valence-electron chi connectivity index (χ0n) is 16.9. The first kappa shape index (κ1) is 19.3. The van der Waals surface area contributed by atoms with Crippen molar-refractivity contribution < 1.29 is 14.3 Å². The third kappa shape index (κ3) is 3.66. The van der Waals surface area contributed by atoms with Crippen LogP contribution in [0.2, 0.25) is 0 Å². The molecule has 7 heteroatoms. The van der Waals surface area contributed by atoms with Gasteiger partial charge in [-0.05, 0) is 37.3 Å². The maximum atomic E-state index is 12.7. The van der Waals surface area contributed by atoms with Gasteiger partial charge < -0.3 is 19.4 Å². The molecule has 4 rings (SSSR count). The highest BCUT2D eigenvalue weighted by atomic mass is 16.5. The highest BCUT2D eigenvalue weighted by Gasteiger charge is 2.29. The second-order valence-electron chi connectivity index (χ2n) is 7.04. The normalized spacial score (nSPS) is 18.7. The Morgan fingerprint density at radius 2 is 1.97 bits per heavy atom. The van der Waals surface area contributed by atoms with Gasteiger partial charge in [0.2, 0.25) is 0 Å². The van der Waals surface area contributed by atoms with E-state index in [0.717, 1.165) is 24.2 Å². The van der Waals surface area contributed by atoms with Gasteiger partial charge in [-0.2, -0.15) is 0 Å². The monoisotopic (exact) mass is 394 g/mol. The fourth-order valence-corrected chi connectivity index (χ4v) is 3.94. The third-order valence-corrected chi connectivity index (χ3v) is 5.38. The molecular formula is C22H26N4O3. The summed E-state index contributed by atoms with van der Waals surface area (Å²) in [6.45, 7) is 2.98. The van der Waals surface area contributed by atoms with Crippen LogP contribution < -0.4 is 25.6 Å². The molecule has 1 fully saturated rings. The number of para-hydroxylation sites is 1. The first-order valence-electron chi connectivity index (χ1n) is 9.76. The first-order valence-corrected chi connectivity index (χ1v) is 9.76. The van der Waals surface area contributed by atoms with Gasteiger partial charge in [0.1, 0.15) is 11.5 Å². The second-order valence-corrected chi connectivity index (χ2v) is 7.04. The number of hydrogen-bond acceptors (Lipinski definition) is 5. The Bertz CT molecular complexity index is 1030. The van der Waals surface area contributed by atoms with Gasteiger partial charge in [-0.15, -0.1) is 0 Å². The predicted molar refractivity (Wildman–Crippen MR) is 112 cm³/mol. The summed E-state index contributed by atoms with van der Waals surface area (Å²) in [5.41, 5.74) is 9.37. The summed E-state index contributed by atoms with van der Waals surface area (Å²) in [5.74, 6) is 1.24.